The molecule has 21 aromatic carbocycles. The summed E-state index contributed by atoms with van der Waals surface area (Å²) in [5.41, 5.74) is 32.1. The van der Waals surface area contributed by atoms with Crippen molar-refractivity contribution in [3.05, 3.63) is 528 Å². The molecule has 624 valence electrons. The van der Waals surface area contributed by atoms with E-state index < -0.39 is 0 Å². The number of thiophene rings is 3. The smallest absolute Gasteiger partial charge is 0.0640 e. The third-order valence-electron chi connectivity index (χ3n) is 24.7. The van der Waals surface area contributed by atoms with E-state index in [1.165, 1.54) is 166 Å². The molecule has 0 saturated heterocycles. The molecule has 24 rings (SSSR count). The topological polar surface area (TPSA) is 9.72 Å². The maximum absolute atomic E-state index is 2.39. The van der Waals surface area contributed by atoms with Gasteiger partial charge in [0.2, 0.25) is 0 Å². The molecular weight excluding hydrogens is 1650 g/mol. The van der Waals surface area contributed by atoms with E-state index in [1.54, 1.807) is 0 Å². The van der Waals surface area contributed by atoms with Crippen molar-refractivity contribution in [2.24, 2.45) is 0 Å². The minimum atomic E-state index is 1.13. The summed E-state index contributed by atoms with van der Waals surface area (Å²) in [4.78, 5) is 7.09. The molecule has 0 spiro atoms. The molecule has 0 saturated carbocycles. The normalized spacial score (nSPS) is 11.2. The Morgan fingerprint density at radius 3 is 0.697 bits per heavy atom. The second-order valence-electron chi connectivity index (χ2n) is 33.1. The van der Waals surface area contributed by atoms with Gasteiger partial charge in [0.25, 0.3) is 0 Å². The van der Waals surface area contributed by atoms with E-state index in [0.29, 0.717) is 0 Å². The van der Waals surface area contributed by atoms with Crippen molar-refractivity contribution >= 4 is 146 Å². The maximum Gasteiger partial charge on any atom is 0.0640 e. The molecule has 3 nitrogen and oxygen atoms in total. The predicted octanol–water partition coefficient (Wildman–Crippen LogP) is 37.6. The molecule has 0 aliphatic heterocycles. The van der Waals surface area contributed by atoms with Gasteiger partial charge in [-0.2, -0.15) is 0 Å². The molecule has 0 amide bonds. The van der Waals surface area contributed by atoms with Gasteiger partial charge in [-0.25, -0.2) is 0 Å². The van der Waals surface area contributed by atoms with Crippen molar-refractivity contribution in [2.75, 3.05) is 14.7 Å². The van der Waals surface area contributed by atoms with Gasteiger partial charge in [-0.3, -0.25) is 0 Å². The van der Waals surface area contributed by atoms with Crippen LogP contribution in [0, 0.1) is 0 Å². The molecule has 0 bridgehead atoms. The number of anilines is 9. The highest BCUT2D eigenvalue weighted by molar-refractivity contribution is 7.27. The molecule has 132 heavy (non-hydrogen) atoms. The van der Waals surface area contributed by atoms with Crippen LogP contribution < -0.4 is 14.7 Å². The van der Waals surface area contributed by atoms with Gasteiger partial charge in [-0.15, -0.1) is 34.0 Å². The minimum absolute atomic E-state index is 1.13. The highest BCUT2D eigenvalue weighted by Crippen LogP contribution is 2.49. The quantitative estimate of drug-likeness (QED) is 0.0848. The van der Waals surface area contributed by atoms with Crippen molar-refractivity contribution in [1.82, 2.24) is 0 Å². The first kappa shape index (κ1) is 81.4. The Morgan fingerprint density at radius 2 is 0.341 bits per heavy atom. The minimum Gasteiger partial charge on any atom is -0.310 e. The van der Waals surface area contributed by atoms with Gasteiger partial charge in [-0.1, -0.05) is 346 Å². The van der Waals surface area contributed by atoms with Crippen LogP contribution in [0.3, 0.4) is 0 Å². The zero-order chi connectivity index (χ0) is 87.9. The van der Waals surface area contributed by atoms with Gasteiger partial charge < -0.3 is 14.7 Å². The van der Waals surface area contributed by atoms with Crippen LogP contribution in [-0.2, 0) is 0 Å². The number of hydrogen-bond acceptors (Lipinski definition) is 6. The summed E-state index contributed by atoms with van der Waals surface area (Å²) in [5, 5.41) is 7.85. The van der Waals surface area contributed by atoms with E-state index in [1.807, 2.05) is 34.0 Å². The van der Waals surface area contributed by atoms with Crippen LogP contribution in [0.25, 0.3) is 161 Å². The average Bonchev–Trinajstić information content (AvgIpc) is 1.59. The lowest BCUT2D eigenvalue weighted by Gasteiger charge is -2.26. The third-order valence-corrected chi connectivity index (χ3v) is 28.2. The molecule has 6 heteroatoms. The van der Waals surface area contributed by atoms with Crippen LogP contribution >= 0.6 is 34.0 Å². The van der Waals surface area contributed by atoms with E-state index in [2.05, 4.69) is 542 Å². The second-order valence-corrected chi connectivity index (χ2v) is 36.3. The Hall–Kier alpha value is -16.3. The van der Waals surface area contributed by atoms with Crippen LogP contribution in [0.1, 0.15) is 0 Å². The van der Waals surface area contributed by atoms with Crippen molar-refractivity contribution < 1.29 is 0 Å². The number of benzene rings is 21. The number of para-hydroxylation sites is 3. The Balaban J connectivity index is 0.000000116. The Kier molecular flexibility index (Phi) is 22.9. The fraction of sp³-hybridized carbons (Fsp3) is 0. The zero-order valence-corrected chi connectivity index (χ0v) is 74.7. The summed E-state index contributed by atoms with van der Waals surface area (Å²) in [6, 6.07) is 190. The van der Waals surface area contributed by atoms with Gasteiger partial charge in [0.05, 0.1) is 10.4 Å². The van der Waals surface area contributed by atoms with Crippen LogP contribution in [0.15, 0.2) is 528 Å². The molecule has 0 aliphatic rings. The molecule has 0 fully saturated rings. The summed E-state index contributed by atoms with van der Waals surface area (Å²) in [5.74, 6) is 0. The monoisotopic (exact) mass is 1740 g/mol. The molecule has 3 aromatic heterocycles. The van der Waals surface area contributed by atoms with Crippen LogP contribution in [0.2, 0.25) is 0 Å². The van der Waals surface area contributed by atoms with Crippen LogP contribution in [0.5, 0.6) is 0 Å². The second kappa shape index (κ2) is 37.2. The largest absolute Gasteiger partial charge is 0.310 e. The molecular formula is C126H87N3S3. The van der Waals surface area contributed by atoms with E-state index in [-0.39, 0.29) is 0 Å². The lowest BCUT2D eigenvalue weighted by Crippen LogP contribution is -2.09. The summed E-state index contributed by atoms with van der Waals surface area (Å²) in [6.45, 7) is 0. The third kappa shape index (κ3) is 17.1. The molecule has 0 N–H and O–H groups in total. The van der Waals surface area contributed by atoms with E-state index >= 15 is 0 Å². The summed E-state index contributed by atoms with van der Waals surface area (Å²) >= 11 is 5.57. The van der Waals surface area contributed by atoms with E-state index in [4.69, 9.17) is 0 Å². The Labute approximate surface area is 782 Å². The Bertz CT molecular complexity index is 7940. The number of nitrogens with zero attached hydrogens (tertiary/aromatic N) is 3. The van der Waals surface area contributed by atoms with Crippen LogP contribution in [-0.4, -0.2) is 0 Å². The predicted molar refractivity (Wildman–Crippen MR) is 571 cm³/mol. The highest BCUT2D eigenvalue weighted by Gasteiger charge is 2.23. The van der Waals surface area contributed by atoms with E-state index in [9.17, 15) is 0 Å². The molecule has 0 radical (unpaired) electrons. The van der Waals surface area contributed by atoms with Crippen molar-refractivity contribution in [2.45, 2.75) is 0 Å². The first-order chi connectivity index (χ1) is 65.4. The SMILES string of the molecule is c1ccc(-c2cc(-c3ccccc3)cc(-c3ccc(N(c4ccccc4)c4ccc5c(c4)sc4ccccc45)cc3)c2)cc1.c1ccc(-c2cc(-c3ccccc3)cc(-c3ccc(N(c4ccccc4)c4ccc5sc6ccccc6c5c4)cc3)c2)cc1.c1ccc(-c2cc(-c3ccccc3)cc(-c3ccc(N(c4ccccc4)c4cccc5c4sc4ccccc45)cc3)c2)cc1. The highest BCUT2D eigenvalue weighted by atomic mass is 32.1. The number of fused-ring (bicyclic) bond motifs is 9. The molecule has 24 aromatic rings. The lowest BCUT2D eigenvalue weighted by atomic mass is 9.93. The van der Waals surface area contributed by atoms with Gasteiger partial charge in [0.1, 0.15) is 0 Å². The maximum atomic E-state index is 2.39. The molecule has 0 unspecified atom stereocenters. The summed E-state index contributed by atoms with van der Waals surface area (Å²) in [7, 11) is 0. The summed E-state index contributed by atoms with van der Waals surface area (Å²) < 4.78 is 7.86. The fourth-order valence-electron chi connectivity index (χ4n) is 18.2. The van der Waals surface area contributed by atoms with Crippen LogP contribution in [0.4, 0.5) is 51.2 Å². The van der Waals surface area contributed by atoms with Gasteiger partial charge in [0, 0.05) is 101 Å². The molecule has 3 heterocycles. The van der Waals surface area contributed by atoms with Gasteiger partial charge in [0.15, 0.2) is 0 Å². The zero-order valence-electron chi connectivity index (χ0n) is 72.3. The lowest BCUT2D eigenvalue weighted by molar-refractivity contribution is 1.29. The number of hydrogen-bond donors (Lipinski definition) is 0. The first-order valence-electron chi connectivity index (χ1n) is 44.8. The van der Waals surface area contributed by atoms with Crippen molar-refractivity contribution in [1.29, 1.82) is 0 Å². The van der Waals surface area contributed by atoms with Crippen molar-refractivity contribution in [3.63, 3.8) is 0 Å². The number of rotatable bonds is 18. The van der Waals surface area contributed by atoms with Gasteiger partial charge >= 0.3 is 0 Å². The van der Waals surface area contributed by atoms with Gasteiger partial charge in [-0.05, 0) is 282 Å². The summed E-state index contributed by atoms with van der Waals surface area (Å²) in [6.07, 6.45) is 0. The standard InChI is InChI=1S/3C42H29NS/c1-4-13-30(14-5-1)33-27-34(31-15-6-2-7-16-31)29-35(28-33)32-23-25-37(26-24-32)43(36-17-8-3-9-18-36)40-21-12-20-39-38-19-10-11-22-41(38)44-42(39)40;1-4-12-30(13-5-1)33-26-34(31-14-6-2-7-15-31)28-35(27-33)32-20-22-37(23-21-32)43(36-16-8-3-9-17-36)38-24-25-42-40(29-38)39-18-10-11-19-41(39)44-42;1-4-12-30(13-5-1)33-26-34(31-14-6-2-7-15-31)28-35(27-33)32-20-22-37(23-21-32)43(36-16-8-3-9-17-36)38-24-25-40-39-18-10-11-19-41(39)44-42(40)29-38/h3*1-29H. The van der Waals surface area contributed by atoms with E-state index in [0.717, 1.165) is 45.5 Å². The van der Waals surface area contributed by atoms with Crippen molar-refractivity contribution in [3.8, 4) is 100 Å². The Morgan fingerprint density at radius 1 is 0.114 bits per heavy atom. The molecule has 0 aliphatic carbocycles. The first-order valence-corrected chi connectivity index (χ1v) is 47.2. The fourth-order valence-corrected chi connectivity index (χ4v) is 21.7. The molecule has 0 atom stereocenters. The average molecular weight is 1740 g/mol.